The van der Waals surface area contributed by atoms with E-state index >= 15 is 0 Å². The Kier molecular flexibility index (Phi) is 7.96. The summed E-state index contributed by atoms with van der Waals surface area (Å²) in [7, 11) is 4.58. The summed E-state index contributed by atoms with van der Waals surface area (Å²) in [6.07, 6.45) is 4.58. The summed E-state index contributed by atoms with van der Waals surface area (Å²) < 4.78 is 21.1. The first-order valence-electron chi connectivity index (χ1n) is 9.98. The molecular formula is C24H25N3O6. The van der Waals surface area contributed by atoms with Gasteiger partial charge in [-0.1, -0.05) is 0 Å². The number of hydrogen-bond acceptors (Lipinski definition) is 6. The van der Waals surface area contributed by atoms with E-state index in [-0.39, 0.29) is 18.5 Å². The van der Waals surface area contributed by atoms with E-state index in [0.29, 0.717) is 39.9 Å². The molecule has 9 nitrogen and oxygen atoms in total. The standard InChI is InChI=1S/C24H25N3O6/c1-30-20-13-16(14-21(31-2)23(20)32-3)6-11-22(28)26-17-7-9-18(10-8-17)27-24(29)25-15-19-5-4-12-33-19/h4-14H,15H2,1-3H3,(H,26,28)(H2,25,27,29)/b11-6+. The topological polar surface area (TPSA) is 111 Å². The summed E-state index contributed by atoms with van der Waals surface area (Å²) in [4.78, 5) is 24.3. The van der Waals surface area contributed by atoms with E-state index in [9.17, 15) is 9.59 Å². The van der Waals surface area contributed by atoms with Crippen LogP contribution in [0.2, 0.25) is 0 Å². The first-order valence-corrected chi connectivity index (χ1v) is 9.98. The van der Waals surface area contributed by atoms with Crippen molar-refractivity contribution in [3.63, 3.8) is 0 Å². The van der Waals surface area contributed by atoms with Crippen LogP contribution in [-0.4, -0.2) is 33.3 Å². The second kappa shape index (κ2) is 11.3. The van der Waals surface area contributed by atoms with Crippen molar-refractivity contribution in [3.05, 3.63) is 72.2 Å². The molecule has 9 heteroatoms. The molecule has 0 saturated carbocycles. The highest BCUT2D eigenvalue weighted by Crippen LogP contribution is 2.38. The zero-order chi connectivity index (χ0) is 23.6. The normalized spacial score (nSPS) is 10.5. The summed E-state index contributed by atoms with van der Waals surface area (Å²) >= 11 is 0. The average Bonchev–Trinajstić information content (AvgIpc) is 3.35. The van der Waals surface area contributed by atoms with Crippen LogP contribution in [0.15, 0.2) is 65.3 Å². The van der Waals surface area contributed by atoms with Crippen molar-refractivity contribution in [2.75, 3.05) is 32.0 Å². The Hall–Kier alpha value is -4.40. The Morgan fingerprint density at radius 2 is 1.55 bits per heavy atom. The van der Waals surface area contributed by atoms with Gasteiger partial charge in [0.25, 0.3) is 0 Å². The van der Waals surface area contributed by atoms with E-state index in [1.54, 1.807) is 60.9 Å². The monoisotopic (exact) mass is 451 g/mol. The van der Waals surface area contributed by atoms with Crippen LogP contribution in [0.25, 0.3) is 6.08 Å². The lowest BCUT2D eigenvalue weighted by molar-refractivity contribution is -0.111. The van der Waals surface area contributed by atoms with Crippen LogP contribution >= 0.6 is 0 Å². The molecule has 2 aromatic carbocycles. The van der Waals surface area contributed by atoms with Crippen LogP contribution in [-0.2, 0) is 11.3 Å². The van der Waals surface area contributed by atoms with E-state index in [2.05, 4.69) is 16.0 Å². The molecule has 0 saturated heterocycles. The van der Waals surface area contributed by atoms with Crippen molar-refractivity contribution in [2.24, 2.45) is 0 Å². The Bertz CT molecular complexity index is 1080. The fourth-order valence-corrected chi connectivity index (χ4v) is 2.95. The summed E-state index contributed by atoms with van der Waals surface area (Å²) in [6.45, 7) is 0.283. The molecule has 0 bridgehead atoms. The zero-order valence-corrected chi connectivity index (χ0v) is 18.5. The van der Waals surface area contributed by atoms with Crippen LogP contribution < -0.4 is 30.2 Å². The van der Waals surface area contributed by atoms with Gasteiger partial charge in [-0.25, -0.2) is 4.79 Å². The van der Waals surface area contributed by atoms with Crippen molar-refractivity contribution in [1.29, 1.82) is 0 Å². The highest BCUT2D eigenvalue weighted by atomic mass is 16.5. The van der Waals surface area contributed by atoms with Gasteiger partial charge in [0.15, 0.2) is 11.5 Å². The minimum absolute atomic E-state index is 0.283. The molecule has 0 unspecified atom stereocenters. The summed E-state index contributed by atoms with van der Waals surface area (Å²) in [5.74, 6) is 1.80. The van der Waals surface area contributed by atoms with E-state index in [1.807, 2.05) is 0 Å². The molecule has 0 spiro atoms. The number of ether oxygens (including phenoxy) is 3. The predicted octanol–water partition coefficient (Wildman–Crippen LogP) is 4.28. The molecule has 0 fully saturated rings. The van der Waals surface area contributed by atoms with Gasteiger partial charge in [-0.2, -0.15) is 0 Å². The number of rotatable bonds is 9. The van der Waals surface area contributed by atoms with Gasteiger partial charge in [-0.05, 0) is 60.2 Å². The van der Waals surface area contributed by atoms with Crippen LogP contribution in [0.3, 0.4) is 0 Å². The highest BCUT2D eigenvalue weighted by Gasteiger charge is 2.12. The third-order valence-corrected chi connectivity index (χ3v) is 4.53. The Balaban J connectivity index is 1.55. The molecular weight excluding hydrogens is 426 g/mol. The molecule has 172 valence electrons. The van der Waals surface area contributed by atoms with E-state index < -0.39 is 0 Å². The van der Waals surface area contributed by atoms with E-state index in [4.69, 9.17) is 18.6 Å². The molecule has 0 aliphatic carbocycles. The Labute approximate surface area is 191 Å². The molecule has 1 aromatic heterocycles. The predicted molar refractivity (Wildman–Crippen MR) is 125 cm³/mol. The molecule has 33 heavy (non-hydrogen) atoms. The van der Waals surface area contributed by atoms with Gasteiger partial charge in [0, 0.05) is 17.5 Å². The van der Waals surface area contributed by atoms with Gasteiger partial charge in [0.2, 0.25) is 11.7 Å². The highest BCUT2D eigenvalue weighted by molar-refractivity contribution is 6.02. The Morgan fingerprint density at radius 3 is 2.09 bits per heavy atom. The molecule has 3 amide bonds. The fourth-order valence-electron chi connectivity index (χ4n) is 2.95. The lowest BCUT2D eigenvalue weighted by Crippen LogP contribution is -2.27. The van der Waals surface area contributed by atoms with Gasteiger partial charge in [0.1, 0.15) is 5.76 Å². The molecule has 3 aromatic rings. The largest absolute Gasteiger partial charge is 0.493 e. The minimum atomic E-state index is -0.364. The van der Waals surface area contributed by atoms with Gasteiger partial charge in [-0.15, -0.1) is 0 Å². The van der Waals surface area contributed by atoms with E-state index in [0.717, 1.165) is 0 Å². The van der Waals surface area contributed by atoms with Gasteiger partial charge in [-0.3, -0.25) is 4.79 Å². The van der Waals surface area contributed by atoms with Crippen molar-refractivity contribution in [2.45, 2.75) is 6.54 Å². The number of carbonyl (C=O) groups is 2. The number of hydrogen-bond donors (Lipinski definition) is 3. The number of carbonyl (C=O) groups excluding carboxylic acids is 2. The van der Waals surface area contributed by atoms with E-state index in [1.165, 1.54) is 27.4 Å². The third-order valence-electron chi connectivity index (χ3n) is 4.53. The molecule has 0 radical (unpaired) electrons. The second-order valence-electron chi connectivity index (χ2n) is 6.75. The molecule has 1 heterocycles. The fraction of sp³-hybridized carbons (Fsp3) is 0.167. The molecule has 0 atom stereocenters. The van der Waals surface area contributed by atoms with Crippen molar-refractivity contribution in [1.82, 2.24) is 5.32 Å². The van der Waals surface area contributed by atoms with Crippen molar-refractivity contribution in [3.8, 4) is 17.2 Å². The number of benzene rings is 2. The maximum atomic E-state index is 12.3. The lowest BCUT2D eigenvalue weighted by Gasteiger charge is -2.12. The van der Waals surface area contributed by atoms with Crippen molar-refractivity contribution >= 4 is 29.4 Å². The van der Waals surface area contributed by atoms with Crippen LogP contribution in [0.5, 0.6) is 17.2 Å². The van der Waals surface area contributed by atoms with Crippen molar-refractivity contribution < 1.29 is 28.2 Å². The van der Waals surface area contributed by atoms with Gasteiger partial charge >= 0.3 is 6.03 Å². The number of nitrogens with one attached hydrogen (secondary N) is 3. The second-order valence-corrected chi connectivity index (χ2v) is 6.75. The SMILES string of the molecule is COc1cc(/C=C/C(=O)Nc2ccc(NC(=O)NCc3ccco3)cc2)cc(OC)c1OC. The molecule has 3 rings (SSSR count). The number of urea groups is 1. The third kappa shape index (κ3) is 6.54. The maximum Gasteiger partial charge on any atom is 0.319 e. The first kappa shape index (κ1) is 23.3. The minimum Gasteiger partial charge on any atom is -0.493 e. The smallest absolute Gasteiger partial charge is 0.319 e. The van der Waals surface area contributed by atoms with Crippen LogP contribution in [0.4, 0.5) is 16.2 Å². The van der Waals surface area contributed by atoms with Gasteiger partial charge in [0.05, 0.1) is 34.1 Å². The zero-order valence-electron chi connectivity index (χ0n) is 18.5. The molecule has 0 aliphatic heterocycles. The maximum absolute atomic E-state index is 12.3. The summed E-state index contributed by atoms with van der Waals surface area (Å²) in [5.41, 5.74) is 1.87. The summed E-state index contributed by atoms with van der Waals surface area (Å²) in [5, 5.41) is 8.16. The molecule has 3 N–H and O–H groups in total. The van der Waals surface area contributed by atoms with Crippen LogP contribution in [0, 0.1) is 0 Å². The van der Waals surface area contributed by atoms with Gasteiger partial charge < -0.3 is 34.6 Å². The number of furan rings is 1. The lowest BCUT2D eigenvalue weighted by atomic mass is 10.1. The number of anilines is 2. The quantitative estimate of drug-likeness (QED) is 0.419. The number of amides is 3. The van der Waals surface area contributed by atoms with Crippen LogP contribution in [0.1, 0.15) is 11.3 Å². The summed E-state index contributed by atoms with van der Waals surface area (Å²) in [6, 6.07) is 13.4. The first-order chi connectivity index (χ1) is 16.0. The Morgan fingerprint density at radius 1 is 0.909 bits per heavy atom. The molecule has 0 aliphatic rings. The average molecular weight is 451 g/mol. The number of methoxy groups -OCH3 is 3.